The first-order valence-electron chi connectivity index (χ1n) is 7.72. The minimum atomic E-state index is -0.155. The van der Waals surface area contributed by atoms with Crippen molar-refractivity contribution in [1.29, 1.82) is 0 Å². The highest BCUT2D eigenvalue weighted by Crippen LogP contribution is 2.25. The Kier molecular flexibility index (Phi) is 4.44. The number of rotatable bonds is 3. The summed E-state index contributed by atoms with van der Waals surface area (Å²) >= 11 is 1.39. The topological polar surface area (TPSA) is 54.9 Å². The van der Waals surface area contributed by atoms with Crippen molar-refractivity contribution in [2.75, 3.05) is 5.32 Å². The van der Waals surface area contributed by atoms with Crippen molar-refractivity contribution in [1.82, 2.24) is 9.97 Å². The lowest BCUT2D eigenvalue weighted by Gasteiger charge is -2.18. The molecule has 1 N–H and O–H groups in total. The number of amides is 1. The molecule has 1 amide bonds. The van der Waals surface area contributed by atoms with Gasteiger partial charge >= 0.3 is 0 Å². The second-order valence-electron chi connectivity index (χ2n) is 6.53. The monoisotopic (exact) mass is 337 g/mol. The van der Waals surface area contributed by atoms with E-state index in [4.69, 9.17) is 0 Å². The molecule has 0 radical (unpaired) electrons. The molecule has 3 aromatic rings. The molecule has 2 aromatic heterocycles. The van der Waals surface area contributed by atoms with E-state index in [2.05, 4.69) is 36.1 Å². The fourth-order valence-corrected chi connectivity index (χ4v) is 2.95. The Balaban J connectivity index is 1.72. The third-order valence-corrected chi connectivity index (χ3v) is 4.42. The summed E-state index contributed by atoms with van der Waals surface area (Å²) < 4.78 is 0. The van der Waals surface area contributed by atoms with Crippen LogP contribution in [0.3, 0.4) is 0 Å². The fourth-order valence-electron chi connectivity index (χ4n) is 2.25. The predicted molar refractivity (Wildman–Crippen MR) is 98.4 cm³/mol. The van der Waals surface area contributed by atoms with Crippen molar-refractivity contribution in [3.05, 3.63) is 65.2 Å². The summed E-state index contributed by atoms with van der Waals surface area (Å²) in [4.78, 5) is 21.1. The Morgan fingerprint density at radius 3 is 2.42 bits per heavy atom. The molecular formula is C19H19N3OS. The molecule has 2 heterocycles. The van der Waals surface area contributed by atoms with Crippen LogP contribution in [0.2, 0.25) is 0 Å². The third kappa shape index (κ3) is 3.68. The van der Waals surface area contributed by atoms with Gasteiger partial charge in [0.05, 0.1) is 5.69 Å². The molecule has 0 aliphatic rings. The minimum Gasteiger partial charge on any atom is -0.298 e. The van der Waals surface area contributed by atoms with E-state index in [0.717, 1.165) is 11.4 Å². The first-order chi connectivity index (χ1) is 11.4. The zero-order valence-electron chi connectivity index (χ0n) is 13.9. The van der Waals surface area contributed by atoms with Crippen LogP contribution in [-0.2, 0) is 5.41 Å². The van der Waals surface area contributed by atoms with Gasteiger partial charge in [-0.25, -0.2) is 4.98 Å². The largest absolute Gasteiger partial charge is 0.298 e. The Bertz CT molecular complexity index is 833. The number of carbonyl (C=O) groups excluding carboxylic acids is 1. The molecule has 0 unspecified atom stereocenters. The third-order valence-electron chi connectivity index (χ3n) is 3.67. The number of benzene rings is 1. The Labute approximate surface area is 145 Å². The van der Waals surface area contributed by atoms with Gasteiger partial charge in [0.15, 0.2) is 5.13 Å². The summed E-state index contributed by atoms with van der Waals surface area (Å²) in [5.41, 5.74) is 3.45. The Morgan fingerprint density at radius 1 is 1.04 bits per heavy atom. The molecule has 0 atom stereocenters. The second-order valence-corrected chi connectivity index (χ2v) is 7.39. The van der Waals surface area contributed by atoms with Crippen LogP contribution in [0.1, 0.15) is 36.7 Å². The molecule has 0 fully saturated rings. The summed E-state index contributed by atoms with van der Waals surface area (Å²) in [6.07, 6.45) is 1.73. The number of nitrogens with one attached hydrogen (secondary N) is 1. The lowest BCUT2D eigenvalue weighted by Crippen LogP contribution is -2.14. The average Bonchev–Trinajstić information content (AvgIpc) is 3.03. The van der Waals surface area contributed by atoms with Crippen molar-refractivity contribution in [2.45, 2.75) is 26.2 Å². The average molecular weight is 337 g/mol. The summed E-state index contributed by atoms with van der Waals surface area (Å²) in [5, 5.41) is 5.31. The van der Waals surface area contributed by atoms with E-state index in [1.807, 2.05) is 47.8 Å². The van der Waals surface area contributed by atoms with Crippen LogP contribution < -0.4 is 5.32 Å². The number of aromatic nitrogens is 2. The molecule has 5 heteroatoms. The number of nitrogens with zero attached hydrogens (tertiary/aromatic N) is 2. The quantitative estimate of drug-likeness (QED) is 0.750. The van der Waals surface area contributed by atoms with Crippen LogP contribution in [0, 0.1) is 0 Å². The van der Waals surface area contributed by atoms with Crippen molar-refractivity contribution < 1.29 is 4.79 Å². The highest BCUT2D eigenvalue weighted by molar-refractivity contribution is 7.14. The van der Waals surface area contributed by atoms with Crippen LogP contribution in [-0.4, -0.2) is 15.9 Å². The van der Waals surface area contributed by atoms with Crippen molar-refractivity contribution in [3.8, 4) is 11.4 Å². The van der Waals surface area contributed by atoms with Gasteiger partial charge in [0.1, 0.15) is 5.69 Å². The predicted octanol–water partition coefficient (Wildman–Crippen LogP) is 4.75. The SMILES string of the molecule is CC(C)(C)c1ccc(C(=O)Nc2nc(-c3ccccn3)cs2)cc1. The maximum atomic E-state index is 12.4. The van der Waals surface area contributed by atoms with Gasteiger partial charge in [-0.1, -0.05) is 39.0 Å². The molecule has 0 saturated heterocycles. The summed E-state index contributed by atoms with van der Waals surface area (Å²) in [5.74, 6) is -0.155. The number of hydrogen-bond donors (Lipinski definition) is 1. The Hall–Kier alpha value is -2.53. The van der Waals surface area contributed by atoms with Crippen LogP contribution >= 0.6 is 11.3 Å². The first-order valence-corrected chi connectivity index (χ1v) is 8.60. The van der Waals surface area contributed by atoms with Crippen LogP contribution in [0.5, 0.6) is 0 Å². The zero-order valence-corrected chi connectivity index (χ0v) is 14.7. The normalized spacial score (nSPS) is 11.3. The number of anilines is 1. The first kappa shape index (κ1) is 16.3. The minimum absolute atomic E-state index is 0.0713. The van der Waals surface area contributed by atoms with Gasteiger partial charge in [0.2, 0.25) is 0 Å². The van der Waals surface area contributed by atoms with Crippen LogP contribution in [0.15, 0.2) is 54.0 Å². The smallest absolute Gasteiger partial charge is 0.257 e. The van der Waals surface area contributed by atoms with Gasteiger partial charge < -0.3 is 0 Å². The van der Waals surface area contributed by atoms with Gasteiger partial charge in [-0.05, 0) is 35.2 Å². The number of pyridine rings is 1. The lowest BCUT2D eigenvalue weighted by molar-refractivity contribution is 0.102. The molecule has 0 saturated carbocycles. The van der Waals surface area contributed by atoms with Crippen LogP contribution in [0.25, 0.3) is 11.4 Å². The molecular weight excluding hydrogens is 318 g/mol. The number of thiazole rings is 1. The number of hydrogen-bond acceptors (Lipinski definition) is 4. The van der Waals surface area contributed by atoms with E-state index >= 15 is 0 Å². The Morgan fingerprint density at radius 2 is 1.79 bits per heavy atom. The molecule has 0 aliphatic carbocycles. The van der Waals surface area contributed by atoms with E-state index in [-0.39, 0.29) is 11.3 Å². The van der Waals surface area contributed by atoms with E-state index in [1.165, 1.54) is 16.9 Å². The van der Waals surface area contributed by atoms with E-state index in [0.29, 0.717) is 10.7 Å². The van der Waals surface area contributed by atoms with Crippen LogP contribution in [0.4, 0.5) is 5.13 Å². The van der Waals surface area contributed by atoms with Gasteiger partial charge in [-0.2, -0.15) is 0 Å². The van der Waals surface area contributed by atoms with Crippen molar-refractivity contribution in [3.63, 3.8) is 0 Å². The molecule has 0 spiro atoms. The summed E-state index contributed by atoms with van der Waals surface area (Å²) in [6.45, 7) is 6.45. The molecule has 3 rings (SSSR count). The highest BCUT2D eigenvalue weighted by Gasteiger charge is 2.15. The highest BCUT2D eigenvalue weighted by atomic mass is 32.1. The van der Waals surface area contributed by atoms with Crippen molar-refractivity contribution in [2.24, 2.45) is 0 Å². The van der Waals surface area contributed by atoms with Gasteiger partial charge in [-0.3, -0.25) is 15.1 Å². The summed E-state index contributed by atoms with van der Waals surface area (Å²) in [7, 11) is 0. The van der Waals surface area contributed by atoms with E-state index in [9.17, 15) is 4.79 Å². The fraction of sp³-hybridized carbons (Fsp3) is 0.211. The molecule has 0 bridgehead atoms. The van der Waals surface area contributed by atoms with E-state index < -0.39 is 0 Å². The molecule has 0 aliphatic heterocycles. The van der Waals surface area contributed by atoms with Gasteiger partial charge in [0.25, 0.3) is 5.91 Å². The molecule has 4 nitrogen and oxygen atoms in total. The van der Waals surface area contributed by atoms with Crippen molar-refractivity contribution >= 4 is 22.4 Å². The summed E-state index contributed by atoms with van der Waals surface area (Å²) in [6, 6.07) is 13.4. The molecule has 1 aromatic carbocycles. The molecule has 122 valence electrons. The van der Waals surface area contributed by atoms with Gasteiger partial charge in [0, 0.05) is 17.1 Å². The number of carbonyl (C=O) groups is 1. The van der Waals surface area contributed by atoms with Gasteiger partial charge in [-0.15, -0.1) is 11.3 Å². The standard InChI is InChI=1S/C19H19N3OS/c1-19(2,3)14-9-7-13(8-10-14)17(23)22-18-21-16(12-24-18)15-6-4-5-11-20-15/h4-12H,1-3H3,(H,21,22,23). The zero-order chi connectivity index (χ0) is 17.2. The van der Waals surface area contributed by atoms with E-state index in [1.54, 1.807) is 6.20 Å². The second kappa shape index (κ2) is 6.53. The molecule has 24 heavy (non-hydrogen) atoms. The maximum absolute atomic E-state index is 12.4. The maximum Gasteiger partial charge on any atom is 0.257 e. The lowest BCUT2D eigenvalue weighted by atomic mass is 9.87.